The highest BCUT2D eigenvalue weighted by Crippen LogP contribution is 2.32. The molecule has 1 aromatic carbocycles. The van der Waals surface area contributed by atoms with Crippen LogP contribution in [0.25, 0.3) is 15.9 Å². The maximum absolute atomic E-state index is 13.6. The van der Waals surface area contributed by atoms with Gasteiger partial charge in [-0.05, 0) is 56.5 Å². The van der Waals surface area contributed by atoms with Crippen LogP contribution in [-0.4, -0.2) is 34.4 Å². The van der Waals surface area contributed by atoms with Gasteiger partial charge in [0.1, 0.15) is 10.6 Å². The molecule has 0 aliphatic rings. The Morgan fingerprint density at radius 3 is 2.60 bits per heavy atom. The summed E-state index contributed by atoms with van der Waals surface area (Å²) in [5.74, 6) is 0.650. The van der Waals surface area contributed by atoms with E-state index in [1.807, 2.05) is 45.0 Å². The zero-order valence-corrected chi connectivity index (χ0v) is 19.6. The summed E-state index contributed by atoms with van der Waals surface area (Å²) in [7, 11) is 1.61. The van der Waals surface area contributed by atoms with Gasteiger partial charge in [-0.15, -0.1) is 11.3 Å². The minimum Gasteiger partial charge on any atom is -0.497 e. The van der Waals surface area contributed by atoms with Crippen molar-refractivity contribution in [2.24, 2.45) is 0 Å². The van der Waals surface area contributed by atoms with Gasteiger partial charge in [0, 0.05) is 11.4 Å². The van der Waals surface area contributed by atoms with Crippen LogP contribution in [0.3, 0.4) is 0 Å². The summed E-state index contributed by atoms with van der Waals surface area (Å²) < 4.78 is 6.86. The number of thiophene rings is 1. The zero-order chi connectivity index (χ0) is 21.8. The van der Waals surface area contributed by atoms with Crippen LogP contribution in [0.4, 0.5) is 0 Å². The van der Waals surface area contributed by atoms with E-state index < -0.39 is 0 Å². The van der Waals surface area contributed by atoms with Crippen molar-refractivity contribution in [1.82, 2.24) is 14.9 Å². The minimum absolute atomic E-state index is 0.0610. The van der Waals surface area contributed by atoms with E-state index in [4.69, 9.17) is 9.72 Å². The Balaban J connectivity index is 2.16. The van der Waals surface area contributed by atoms with Crippen molar-refractivity contribution >= 4 is 39.2 Å². The van der Waals surface area contributed by atoms with Crippen molar-refractivity contribution in [3.63, 3.8) is 0 Å². The van der Waals surface area contributed by atoms with E-state index in [2.05, 4.69) is 12.2 Å². The average molecular weight is 446 g/mol. The van der Waals surface area contributed by atoms with Crippen molar-refractivity contribution in [3.05, 3.63) is 45.1 Å². The maximum atomic E-state index is 13.6. The number of ether oxygens (including phenoxy) is 1. The number of amides is 1. The lowest BCUT2D eigenvalue weighted by atomic mass is 10.1. The highest BCUT2D eigenvalue weighted by molar-refractivity contribution is 8.00. The molecule has 0 saturated heterocycles. The molecule has 0 radical (unpaired) electrons. The Hall–Kier alpha value is -2.32. The molecule has 160 valence electrons. The van der Waals surface area contributed by atoms with Crippen LogP contribution < -0.4 is 15.6 Å². The van der Waals surface area contributed by atoms with E-state index in [1.54, 1.807) is 11.7 Å². The van der Waals surface area contributed by atoms with Crippen molar-refractivity contribution in [2.75, 3.05) is 13.7 Å². The van der Waals surface area contributed by atoms with E-state index in [-0.39, 0.29) is 16.7 Å². The van der Waals surface area contributed by atoms with Gasteiger partial charge in [0.05, 0.1) is 23.4 Å². The second-order valence-electron chi connectivity index (χ2n) is 6.95. The van der Waals surface area contributed by atoms with Gasteiger partial charge in [-0.2, -0.15) is 0 Å². The highest BCUT2D eigenvalue weighted by Gasteiger charge is 2.22. The predicted molar refractivity (Wildman–Crippen MR) is 125 cm³/mol. The summed E-state index contributed by atoms with van der Waals surface area (Å²) >= 11 is 2.83. The summed E-state index contributed by atoms with van der Waals surface area (Å²) in [6, 6.07) is 7.31. The molecule has 30 heavy (non-hydrogen) atoms. The number of carbonyl (C=O) groups is 1. The van der Waals surface area contributed by atoms with Gasteiger partial charge in [-0.25, -0.2) is 4.98 Å². The number of nitrogens with zero attached hydrogens (tertiary/aromatic N) is 2. The molecule has 2 aromatic heterocycles. The topological polar surface area (TPSA) is 73.2 Å². The number of benzene rings is 1. The molecular formula is C22H27N3O3S2. The molecule has 0 aliphatic heterocycles. The predicted octanol–water partition coefficient (Wildman–Crippen LogP) is 4.33. The molecule has 0 fully saturated rings. The van der Waals surface area contributed by atoms with Crippen molar-refractivity contribution in [1.29, 1.82) is 0 Å². The van der Waals surface area contributed by atoms with E-state index in [9.17, 15) is 9.59 Å². The smallest absolute Gasteiger partial charge is 0.267 e. The second-order valence-corrected chi connectivity index (χ2v) is 9.47. The van der Waals surface area contributed by atoms with Crippen LogP contribution in [0, 0.1) is 6.92 Å². The normalized spacial score (nSPS) is 12.2. The van der Waals surface area contributed by atoms with Crippen molar-refractivity contribution < 1.29 is 9.53 Å². The Labute approximate surface area is 184 Å². The molecule has 0 bridgehead atoms. The monoisotopic (exact) mass is 445 g/mol. The molecule has 0 aliphatic carbocycles. The lowest BCUT2D eigenvalue weighted by Gasteiger charge is -2.16. The fourth-order valence-electron chi connectivity index (χ4n) is 3.26. The first-order chi connectivity index (χ1) is 14.4. The van der Waals surface area contributed by atoms with Gasteiger partial charge in [0.15, 0.2) is 5.16 Å². The first kappa shape index (κ1) is 22.4. The Morgan fingerprint density at radius 2 is 2.00 bits per heavy atom. The molecule has 3 rings (SSSR count). The molecule has 6 nitrogen and oxygen atoms in total. The van der Waals surface area contributed by atoms with Crippen LogP contribution in [-0.2, 0) is 11.2 Å². The molecule has 1 amide bonds. The van der Waals surface area contributed by atoms with Gasteiger partial charge in [0.2, 0.25) is 5.91 Å². The number of hydrogen-bond donors (Lipinski definition) is 1. The number of rotatable bonds is 8. The first-order valence-electron chi connectivity index (χ1n) is 10.0. The number of aromatic nitrogens is 2. The molecule has 1 atom stereocenters. The second kappa shape index (κ2) is 9.66. The van der Waals surface area contributed by atoms with Crippen LogP contribution in [0.2, 0.25) is 0 Å². The highest BCUT2D eigenvalue weighted by atomic mass is 32.2. The Bertz CT molecular complexity index is 1100. The summed E-state index contributed by atoms with van der Waals surface area (Å²) in [5, 5.41) is 3.72. The van der Waals surface area contributed by atoms with Gasteiger partial charge < -0.3 is 10.1 Å². The van der Waals surface area contributed by atoms with Crippen LogP contribution in [0.15, 0.2) is 34.2 Å². The molecular weight excluding hydrogens is 418 g/mol. The average Bonchev–Trinajstić information content (AvgIpc) is 3.07. The molecule has 2 heterocycles. The third-order valence-electron chi connectivity index (χ3n) is 4.88. The van der Waals surface area contributed by atoms with Crippen LogP contribution in [0.5, 0.6) is 5.75 Å². The number of nitrogens with one attached hydrogen (secondary N) is 1. The fourth-order valence-corrected chi connectivity index (χ4v) is 5.37. The van der Waals surface area contributed by atoms with Crippen LogP contribution >= 0.6 is 23.1 Å². The number of methoxy groups -OCH3 is 1. The zero-order valence-electron chi connectivity index (χ0n) is 17.9. The van der Waals surface area contributed by atoms with Gasteiger partial charge in [0.25, 0.3) is 5.56 Å². The van der Waals surface area contributed by atoms with Crippen molar-refractivity contribution in [3.8, 4) is 11.4 Å². The molecule has 0 saturated carbocycles. The lowest BCUT2D eigenvalue weighted by Crippen LogP contribution is -2.32. The largest absolute Gasteiger partial charge is 0.497 e. The van der Waals surface area contributed by atoms with E-state index in [0.29, 0.717) is 28.5 Å². The maximum Gasteiger partial charge on any atom is 0.267 e. The first-order valence-corrected chi connectivity index (χ1v) is 11.7. The minimum atomic E-state index is -0.378. The quantitative estimate of drug-likeness (QED) is 0.413. The van der Waals surface area contributed by atoms with Crippen molar-refractivity contribution in [2.45, 2.75) is 50.9 Å². The third-order valence-corrected chi connectivity index (χ3v) is 6.97. The van der Waals surface area contributed by atoms with Gasteiger partial charge in [-0.3, -0.25) is 14.2 Å². The summed E-state index contributed by atoms with van der Waals surface area (Å²) in [4.78, 5) is 32.7. The number of thioether (sulfide) groups is 1. The van der Waals surface area contributed by atoms with Gasteiger partial charge >= 0.3 is 0 Å². The van der Waals surface area contributed by atoms with Crippen LogP contribution in [0.1, 0.15) is 37.6 Å². The standard InChI is InChI=1S/C22H27N3O3S2/c1-6-12-23-19(26)14(4)30-22-24-20-18(17(7-2)13(3)29-20)21(27)25(22)15-8-10-16(28-5)11-9-15/h8-11,14H,6-7,12H2,1-5H3,(H,23,26)/t14-/m1/s1. The number of carbonyl (C=O) groups excluding carboxylic acids is 1. The Kier molecular flexibility index (Phi) is 7.20. The van der Waals surface area contributed by atoms with E-state index in [0.717, 1.165) is 28.1 Å². The molecule has 0 unspecified atom stereocenters. The molecule has 3 aromatic rings. The number of aryl methyl sites for hydroxylation is 2. The van der Waals surface area contributed by atoms with Gasteiger partial charge in [-0.1, -0.05) is 25.6 Å². The lowest BCUT2D eigenvalue weighted by molar-refractivity contribution is -0.120. The SMILES string of the molecule is CCCNC(=O)[C@@H](C)Sc1nc2sc(C)c(CC)c2c(=O)n1-c1ccc(OC)cc1. The number of hydrogen-bond acceptors (Lipinski definition) is 6. The number of fused-ring (bicyclic) bond motifs is 1. The van der Waals surface area contributed by atoms with E-state index in [1.165, 1.54) is 23.1 Å². The van der Waals surface area contributed by atoms with E-state index >= 15 is 0 Å². The molecule has 1 N–H and O–H groups in total. The summed E-state index contributed by atoms with van der Waals surface area (Å²) in [6.07, 6.45) is 1.64. The Morgan fingerprint density at radius 1 is 1.30 bits per heavy atom. The molecule has 8 heteroatoms. The summed E-state index contributed by atoms with van der Waals surface area (Å²) in [6.45, 7) is 8.55. The molecule has 0 spiro atoms. The third kappa shape index (κ3) is 4.39. The fraction of sp³-hybridized carbons (Fsp3) is 0.409. The summed E-state index contributed by atoms with van der Waals surface area (Å²) in [5.41, 5.74) is 1.64.